The Kier molecular flexibility index (Phi) is 4.07. The molecule has 0 heterocycles. The summed E-state index contributed by atoms with van der Waals surface area (Å²) in [4.78, 5) is 11.2. The van der Waals surface area contributed by atoms with Crippen LogP contribution in [0.15, 0.2) is 12.1 Å². The minimum Gasteiger partial charge on any atom is -0.348 e. The number of nitrogens with two attached hydrogens (primary N) is 1. The van der Waals surface area contributed by atoms with Crippen molar-refractivity contribution >= 4 is 5.91 Å². The lowest BCUT2D eigenvalue weighted by molar-refractivity contribution is -0.120. The van der Waals surface area contributed by atoms with Gasteiger partial charge in [-0.05, 0) is 44.4 Å². The van der Waals surface area contributed by atoms with Crippen LogP contribution in [0.3, 0.4) is 0 Å². The van der Waals surface area contributed by atoms with Crippen molar-refractivity contribution in [2.45, 2.75) is 33.7 Å². The fourth-order valence-corrected chi connectivity index (χ4v) is 2.25. The third-order valence-electron chi connectivity index (χ3n) is 2.73. The van der Waals surface area contributed by atoms with Gasteiger partial charge in [0.2, 0.25) is 5.91 Å². The molecule has 1 aromatic carbocycles. The molecule has 1 atom stereocenters. The molecule has 88 valence electrons. The summed E-state index contributed by atoms with van der Waals surface area (Å²) in [6, 6.07) is 4.28. The maximum absolute atomic E-state index is 11.2. The van der Waals surface area contributed by atoms with Crippen LogP contribution in [0.1, 0.15) is 35.2 Å². The Morgan fingerprint density at radius 2 is 1.81 bits per heavy atom. The second-order valence-electron chi connectivity index (χ2n) is 4.31. The molecule has 0 saturated heterocycles. The van der Waals surface area contributed by atoms with Gasteiger partial charge >= 0.3 is 0 Å². The molecule has 0 saturated carbocycles. The van der Waals surface area contributed by atoms with Crippen LogP contribution >= 0.6 is 0 Å². The first-order chi connectivity index (χ1) is 7.45. The number of hydrogen-bond acceptors (Lipinski definition) is 2. The van der Waals surface area contributed by atoms with Crippen molar-refractivity contribution in [1.29, 1.82) is 0 Å². The quantitative estimate of drug-likeness (QED) is 0.815. The number of nitrogens with one attached hydrogen (secondary N) is 1. The molecule has 1 unspecified atom stereocenters. The van der Waals surface area contributed by atoms with Crippen molar-refractivity contribution in [2.24, 2.45) is 5.73 Å². The molecule has 0 spiro atoms. The summed E-state index contributed by atoms with van der Waals surface area (Å²) in [5.74, 6) is -0.119. The van der Waals surface area contributed by atoms with Crippen molar-refractivity contribution < 1.29 is 4.79 Å². The fourth-order valence-electron chi connectivity index (χ4n) is 2.25. The average molecular weight is 220 g/mol. The molecule has 3 heteroatoms. The average Bonchev–Trinajstić information content (AvgIpc) is 2.15. The smallest absolute Gasteiger partial charge is 0.234 e. The van der Waals surface area contributed by atoms with E-state index in [1.807, 2.05) is 6.92 Å². The van der Waals surface area contributed by atoms with Gasteiger partial charge in [0, 0.05) is 0 Å². The Balaban J connectivity index is 2.99. The number of rotatable bonds is 3. The van der Waals surface area contributed by atoms with Gasteiger partial charge in [-0.15, -0.1) is 0 Å². The Labute approximate surface area is 97.0 Å². The largest absolute Gasteiger partial charge is 0.348 e. The Morgan fingerprint density at radius 3 is 2.25 bits per heavy atom. The summed E-state index contributed by atoms with van der Waals surface area (Å²) in [6.45, 7) is 8.24. The van der Waals surface area contributed by atoms with Crippen LogP contribution in [-0.4, -0.2) is 12.5 Å². The second-order valence-corrected chi connectivity index (χ2v) is 4.31. The normalized spacial score (nSPS) is 12.3. The van der Waals surface area contributed by atoms with Crippen LogP contribution in [0, 0.1) is 20.8 Å². The van der Waals surface area contributed by atoms with Gasteiger partial charge in [0.25, 0.3) is 0 Å². The lowest BCUT2D eigenvalue weighted by Gasteiger charge is -2.19. The molecule has 1 amide bonds. The van der Waals surface area contributed by atoms with Gasteiger partial charge in [0.1, 0.15) is 0 Å². The van der Waals surface area contributed by atoms with Crippen LogP contribution in [0.2, 0.25) is 0 Å². The molecular weight excluding hydrogens is 200 g/mol. The number of carbonyl (C=O) groups is 1. The van der Waals surface area contributed by atoms with Crippen LogP contribution in [0.4, 0.5) is 0 Å². The first kappa shape index (κ1) is 12.7. The minimum absolute atomic E-state index is 0.0108. The number of benzene rings is 1. The van der Waals surface area contributed by atoms with Gasteiger partial charge in [-0.2, -0.15) is 0 Å². The van der Waals surface area contributed by atoms with Gasteiger partial charge in [-0.1, -0.05) is 17.7 Å². The van der Waals surface area contributed by atoms with Crippen molar-refractivity contribution in [1.82, 2.24) is 5.32 Å². The van der Waals surface area contributed by atoms with Gasteiger partial charge < -0.3 is 11.1 Å². The maximum Gasteiger partial charge on any atom is 0.234 e. The van der Waals surface area contributed by atoms with E-state index in [0.717, 1.165) is 0 Å². The maximum atomic E-state index is 11.2. The lowest BCUT2D eigenvalue weighted by Crippen LogP contribution is -2.33. The molecule has 0 aliphatic heterocycles. The van der Waals surface area contributed by atoms with Crippen LogP contribution in [-0.2, 0) is 4.79 Å². The Morgan fingerprint density at radius 1 is 1.31 bits per heavy atom. The zero-order chi connectivity index (χ0) is 12.3. The van der Waals surface area contributed by atoms with E-state index in [1.54, 1.807) is 0 Å². The molecule has 3 N–H and O–H groups in total. The molecule has 0 fully saturated rings. The van der Waals surface area contributed by atoms with Crippen molar-refractivity contribution in [3.05, 3.63) is 34.4 Å². The SMILES string of the molecule is Cc1cc(C)c(C(C)NC(=O)CN)c(C)c1. The third-order valence-corrected chi connectivity index (χ3v) is 2.73. The number of hydrogen-bond donors (Lipinski definition) is 2. The molecule has 0 aliphatic carbocycles. The number of carbonyl (C=O) groups excluding carboxylic acids is 1. The highest BCUT2D eigenvalue weighted by Crippen LogP contribution is 2.23. The van der Waals surface area contributed by atoms with E-state index >= 15 is 0 Å². The third kappa shape index (κ3) is 2.83. The molecule has 0 bridgehead atoms. The number of aryl methyl sites for hydroxylation is 3. The highest BCUT2D eigenvalue weighted by Gasteiger charge is 2.13. The molecular formula is C13H20N2O. The monoisotopic (exact) mass is 220 g/mol. The lowest BCUT2D eigenvalue weighted by atomic mass is 9.95. The van der Waals surface area contributed by atoms with E-state index in [-0.39, 0.29) is 18.5 Å². The standard InChI is InChI=1S/C13H20N2O/c1-8-5-9(2)13(10(3)6-8)11(4)15-12(16)7-14/h5-6,11H,7,14H2,1-4H3,(H,15,16). The fraction of sp³-hybridized carbons (Fsp3) is 0.462. The van der Waals surface area contributed by atoms with Gasteiger partial charge in [0.05, 0.1) is 12.6 Å². The second kappa shape index (κ2) is 5.12. The first-order valence-electron chi connectivity index (χ1n) is 5.53. The van der Waals surface area contributed by atoms with Crippen molar-refractivity contribution in [3.8, 4) is 0 Å². The van der Waals surface area contributed by atoms with E-state index in [4.69, 9.17) is 5.73 Å². The molecule has 0 radical (unpaired) electrons. The van der Waals surface area contributed by atoms with E-state index < -0.39 is 0 Å². The van der Waals surface area contributed by atoms with Gasteiger partial charge in [-0.25, -0.2) is 0 Å². The first-order valence-corrected chi connectivity index (χ1v) is 5.53. The van der Waals surface area contributed by atoms with Crippen LogP contribution < -0.4 is 11.1 Å². The molecule has 0 aromatic heterocycles. The summed E-state index contributed by atoms with van der Waals surface area (Å²) >= 11 is 0. The summed E-state index contributed by atoms with van der Waals surface area (Å²) in [6.07, 6.45) is 0. The zero-order valence-electron chi connectivity index (χ0n) is 10.4. The number of amides is 1. The highest BCUT2D eigenvalue weighted by atomic mass is 16.1. The van der Waals surface area contributed by atoms with Crippen molar-refractivity contribution in [3.63, 3.8) is 0 Å². The van der Waals surface area contributed by atoms with E-state index in [2.05, 4.69) is 38.2 Å². The van der Waals surface area contributed by atoms with Crippen LogP contribution in [0.25, 0.3) is 0 Å². The summed E-state index contributed by atoms with van der Waals surface area (Å²) in [5.41, 5.74) is 10.1. The topological polar surface area (TPSA) is 55.1 Å². The van der Waals surface area contributed by atoms with E-state index in [0.29, 0.717) is 0 Å². The molecule has 1 aromatic rings. The van der Waals surface area contributed by atoms with Crippen molar-refractivity contribution in [2.75, 3.05) is 6.54 Å². The molecule has 3 nitrogen and oxygen atoms in total. The molecule has 1 rings (SSSR count). The van der Waals surface area contributed by atoms with Gasteiger partial charge in [-0.3, -0.25) is 4.79 Å². The molecule has 16 heavy (non-hydrogen) atoms. The minimum atomic E-state index is -0.119. The zero-order valence-corrected chi connectivity index (χ0v) is 10.4. The predicted octanol–water partition coefficient (Wildman–Crippen LogP) is 1.75. The Bertz CT molecular complexity index is 376. The highest BCUT2D eigenvalue weighted by molar-refractivity contribution is 5.78. The van der Waals surface area contributed by atoms with E-state index in [9.17, 15) is 4.79 Å². The summed E-state index contributed by atoms with van der Waals surface area (Å²) in [5, 5.41) is 2.88. The Hall–Kier alpha value is -1.35. The summed E-state index contributed by atoms with van der Waals surface area (Å²) < 4.78 is 0. The predicted molar refractivity (Wildman–Crippen MR) is 66.3 cm³/mol. The van der Waals surface area contributed by atoms with E-state index in [1.165, 1.54) is 22.3 Å². The molecule has 0 aliphatic rings. The summed E-state index contributed by atoms with van der Waals surface area (Å²) in [7, 11) is 0. The van der Waals surface area contributed by atoms with Gasteiger partial charge in [0.15, 0.2) is 0 Å². The van der Waals surface area contributed by atoms with Crippen LogP contribution in [0.5, 0.6) is 0 Å².